The third-order valence-corrected chi connectivity index (χ3v) is 3.24. The number of aryl methyl sites for hydroxylation is 1. The van der Waals surface area contributed by atoms with Crippen LogP contribution >= 0.6 is 0 Å². The van der Waals surface area contributed by atoms with E-state index in [0.29, 0.717) is 5.92 Å². The Hall–Kier alpha value is -1.61. The van der Waals surface area contributed by atoms with Crippen LogP contribution in [0.15, 0.2) is 24.3 Å². The smallest absolute Gasteiger partial charge is 0.144 e. The van der Waals surface area contributed by atoms with Gasteiger partial charge in [-0.2, -0.15) is 0 Å². The first-order valence-corrected chi connectivity index (χ1v) is 6.56. The summed E-state index contributed by atoms with van der Waals surface area (Å²) in [6.45, 7) is 6.49. The molecule has 1 aromatic heterocycles. The van der Waals surface area contributed by atoms with E-state index in [0.717, 1.165) is 24.2 Å². The average Bonchev–Trinajstić information content (AvgIpc) is 2.38. The van der Waals surface area contributed by atoms with Crippen LogP contribution in [0.25, 0.3) is 10.9 Å². The third kappa shape index (κ3) is 2.31. The van der Waals surface area contributed by atoms with Crippen molar-refractivity contribution in [3.63, 3.8) is 0 Å². The van der Waals surface area contributed by atoms with Crippen molar-refractivity contribution >= 4 is 16.7 Å². The second-order valence-corrected chi connectivity index (χ2v) is 4.96. The van der Waals surface area contributed by atoms with Gasteiger partial charge in [0.25, 0.3) is 0 Å². The van der Waals surface area contributed by atoms with Gasteiger partial charge in [0.1, 0.15) is 5.82 Å². The van der Waals surface area contributed by atoms with Crippen LogP contribution in [0.3, 0.4) is 0 Å². The van der Waals surface area contributed by atoms with Gasteiger partial charge in [-0.25, -0.2) is 10.8 Å². The van der Waals surface area contributed by atoms with Crippen LogP contribution in [0.2, 0.25) is 0 Å². The van der Waals surface area contributed by atoms with Crippen molar-refractivity contribution in [1.82, 2.24) is 4.98 Å². The molecule has 0 bridgehead atoms. The van der Waals surface area contributed by atoms with Crippen molar-refractivity contribution in [3.8, 4) is 0 Å². The zero-order chi connectivity index (χ0) is 13.1. The molecule has 0 aliphatic carbocycles. The summed E-state index contributed by atoms with van der Waals surface area (Å²) in [6.07, 6.45) is 2.17. The molecular formula is C15H21N3. The molecule has 1 aromatic carbocycles. The highest BCUT2D eigenvalue weighted by molar-refractivity contribution is 5.84. The molecule has 0 saturated carbocycles. The van der Waals surface area contributed by atoms with E-state index in [1.54, 1.807) is 0 Å². The highest BCUT2D eigenvalue weighted by Gasteiger charge is 2.11. The summed E-state index contributed by atoms with van der Waals surface area (Å²) in [4.78, 5) is 4.70. The number of rotatable bonds is 4. The van der Waals surface area contributed by atoms with Crippen LogP contribution in [0, 0.1) is 0 Å². The van der Waals surface area contributed by atoms with Crippen molar-refractivity contribution < 1.29 is 0 Å². The minimum Gasteiger partial charge on any atom is -0.308 e. The Morgan fingerprint density at radius 3 is 2.72 bits per heavy atom. The summed E-state index contributed by atoms with van der Waals surface area (Å²) in [5.74, 6) is 6.79. The van der Waals surface area contributed by atoms with Crippen molar-refractivity contribution in [2.24, 2.45) is 5.84 Å². The molecule has 0 aliphatic rings. The van der Waals surface area contributed by atoms with Crippen LogP contribution in [-0.2, 0) is 6.42 Å². The summed E-state index contributed by atoms with van der Waals surface area (Å²) in [5.41, 5.74) is 6.25. The Morgan fingerprint density at radius 1 is 1.33 bits per heavy atom. The van der Waals surface area contributed by atoms with E-state index in [-0.39, 0.29) is 0 Å². The normalized spacial score (nSPS) is 11.2. The molecule has 1 heterocycles. The number of nitrogen functional groups attached to an aromatic ring is 1. The van der Waals surface area contributed by atoms with E-state index in [2.05, 4.69) is 50.5 Å². The molecule has 96 valence electrons. The molecule has 2 aromatic rings. The summed E-state index contributed by atoms with van der Waals surface area (Å²) < 4.78 is 0. The van der Waals surface area contributed by atoms with Gasteiger partial charge in [0.15, 0.2) is 0 Å². The van der Waals surface area contributed by atoms with Gasteiger partial charge in [0.2, 0.25) is 0 Å². The Kier molecular flexibility index (Phi) is 3.82. The molecule has 3 N–H and O–H groups in total. The number of hydrazine groups is 1. The first-order valence-electron chi connectivity index (χ1n) is 6.56. The molecule has 18 heavy (non-hydrogen) atoms. The van der Waals surface area contributed by atoms with Crippen molar-refractivity contribution in [2.75, 3.05) is 5.43 Å². The maximum absolute atomic E-state index is 5.59. The van der Waals surface area contributed by atoms with E-state index < -0.39 is 0 Å². The lowest BCUT2D eigenvalue weighted by Gasteiger charge is -2.14. The van der Waals surface area contributed by atoms with Crippen LogP contribution < -0.4 is 11.3 Å². The predicted molar refractivity (Wildman–Crippen MR) is 77.6 cm³/mol. The summed E-state index contributed by atoms with van der Waals surface area (Å²) in [7, 11) is 0. The second-order valence-electron chi connectivity index (χ2n) is 4.96. The maximum atomic E-state index is 5.59. The van der Waals surface area contributed by atoms with Gasteiger partial charge in [-0.05, 0) is 29.5 Å². The molecule has 0 aliphatic heterocycles. The van der Waals surface area contributed by atoms with Gasteiger partial charge < -0.3 is 5.43 Å². The van der Waals surface area contributed by atoms with Crippen LogP contribution in [0.5, 0.6) is 0 Å². The minimum atomic E-state index is 0.405. The minimum absolute atomic E-state index is 0.405. The van der Waals surface area contributed by atoms with Crippen LogP contribution in [-0.4, -0.2) is 4.98 Å². The number of pyridine rings is 1. The monoisotopic (exact) mass is 243 g/mol. The third-order valence-electron chi connectivity index (χ3n) is 3.24. The number of hydrogen-bond donors (Lipinski definition) is 2. The highest BCUT2D eigenvalue weighted by atomic mass is 15.2. The van der Waals surface area contributed by atoms with Crippen molar-refractivity contribution in [1.29, 1.82) is 0 Å². The Morgan fingerprint density at radius 2 is 2.11 bits per heavy atom. The summed E-state index contributed by atoms with van der Waals surface area (Å²) in [5, 5.41) is 1.20. The highest BCUT2D eigenvalue weighted by Crippen LogP contribution is 2.28. The number of para-hydroxylation sites is 1. The molecule has 2 rings (SSSR count). The van der Waals surface area contributed by atoms with E-state index in [1.165, 1.54) is 16.5 Å². The number of nitrogens with two attached hydrogens (primary N) is 1. The predicted octanol–water partition coefficient (Wildman–Crippen LogP) is 3.60. The quantitative estimate of drug-likeness (QED) is 0.637. The molecule has 0 unspecified atom stereocenters. The number of anilines is 1. The standard InChI is InChI=1S/C15H21N3/c1-4-6-11-7-5-8-12-9-13(10(2)3)15(18-16)17-14(11)12/h5,7-10H,4,6,16H2,1-3H3,(H,17,18). The van der Waals surface area contributed by atoms with E-state index in [9.17, 15) is 0 Å². The Bertz CT molecular complexity index is 547. The fourth-order valence-corrected chi connectivity index (χ4v) is 2.30. The van der Waals surface area contributed by atoms with Crippen LogP contribution in [0.4, 0.5) is 5.82 Å². The van der Waals surface area contributed by atoms with Gasteiger partial charge in [0.05, 0.1) is 5.52 Å². The largest absolute Gasteiger partial charge is 0.308 e. The van der Waals surface area contributed by atoms with Gasteiger partial charge in [-0.1, -0.05) is 45.4 Å². The van der Waals surface area contributed by atoms with E-state index >= 15 is 0 Å². The van der Waals surface area contributed by atoms with Crippen molar-refractivity contribution in [3.05, 3.63) is 35.4 Å². The number of nitrogens with zero attached hydrogens (tertiary/aromatic N) is 1. The lowest BCUT2D eigenvalue weighted by atomic mass is 9.99. The maximum Gasteiger partial charge on any atom is 0.144 e. The van der Waals surface area contributed by atoms with Gasteiger partial charge in [0, 0.05) is 5.39 Å². The summed E-state index contributed by atoms with van der Waals surface area (Å²) in [6, 6.07) is 8.57. The summed E-state index contributed by atoms with van der Waals surface area (Å²) >= 11 is 0. The Labute approximate surface area is 108 Å². The lowest BCUT2D eigenvalue weighted by molar-refractivity contribution is 0.861. The molecule has 0 amide bonds. The number of hydrogen-bond acceptors (Lipinski definition) is 3. The molecule has 3 nitrogen and oxygen atoms in total. The van der Waals surface area contributed by atoms with Gasteiger partial charge >= 0.3 is 0 Å². The molecule has 0 spiro atoms. The average molecular weight is 243 g/mol. The zero-order valence-corrected chi connectivity index (χ0v) is 11.3. The molecule has 3 heteroatoms. The topological polar surface area (TPSA) is 50.9 Å². The van der Waals surface area contributed by atoms with E-state index in [4.69, 9.17) is 10.8 Å². The molecule has 0 saturated heterocycles. The molecule has 0 fully saturated rings. The van der Waals surface area contributed by atoms with Gasteiger partial charge in [-0.15, -0.1) is 0 Å². The van der Waals surface area contributed by atoms with E-state index in [1.807, 2.05) is 0 Å². The second kappa shape index (κ2) is 5.36. The van der Waals surface area contributed by atoms with Crippen molar-refractivity contribution in [2.45, 2.75) is 39.5 Å². The van der Waals surface area contributed by atoms with Crippen LogP contribution in [0.1, 0.15) is 44.2 Å². The fourth-order valence-electron chi connectivity index (χ4n) is 2.30. The van der Waals surface area contributed by atoms with Gasteiger partial charge in [-0.3, -0.25) is 0 Å². The number of fused-ring (bicyclic) bond motifs is 1. The number of benzene rings is 1. The Balaban J connectivity index is 2.66. The molecule has 0 radical (unpaired) electrons. The SMILES string of the molecule is CCCc1cccc2cc(C(C)C)c(NN)nc12. The lowest BCUT2D eigenvalue weighted by Crippen LogP contribution is -2.12. The first-order chi connectivity index (χ1) is 8.67. The fraction of sp³-hybridized carbons (Fsp3) is 0.400. The molecular weight excluding hydrogens is 222 g/mol. The number of nitrogens with one attached hydrogen (secondary N) is 1. The first kappa shape index (κ1) is 12.8. The zero-order valence-electron chi connectivity index (χ0n) is 11.3. The number of aromatic nitrogens is 1. The molecule has 0 atom stereocenters.